The summed E-state index contributed by atoms with van der Waals surface area (Å²) in [6, 6.07) is 0.171. The van der Waals surface area contributed by atoms with Crippen LogP contribution in [0.4, 0.5) is 0 Å². The van der Waals surface area contributed by atoms with Crippen molar-refractivity contribution in [2.45, 2.75) is 19.4 Å². The molecule has 1 N–H and O–H groups in total. The van der Waals surface area contributed by atoms with Crippen molar-refractivity contribution in [2.75, 3.05) is 7.05 Å². The van der Waals surface area contributed by atoms with Gasteiger partial charge in [-0.3, -0.25) is 4.68 Å². The van der Waals surface area contributed by atoms with E-state index in [-0.39, 0.29) is 6.04 Å². The molecule has 0 aliphatic rings. The molecule has 0 saturated heterocycles. The van der Waals surface area contributed by atoms with Crippen LogP contribution in [-0.4, -0.2) is 26.4 Å². The third kappa shape index (κ3) is 2.28. The molecule has 0 spiro atoms. The van der Waals surface area contributed by atoms with E-state index in [1.165, 1.54) is 0 Å². The van der Waals surface area contributed by atoms with Gasteiger partial charge >= 0.3 is 0 Å². The van der Waals surface area contributed by atoms with Gasteiger partial charge in [-0.25, -0.2) is 4.98 Å². The lowest BCUT2D eigenvalue weighted by atomic mass is 10.1. The molecule has 98 valence electrons. The average Bonchev–Trinajstić information content (AvgIpc) is 2.84. The van der Waals surface area contributed by atoms with Crippen LogP contribution < -0.4 is 5.32 Å². The molecule has 1 unspecified atom stereocenters. The minimum atomic E-state index is 0.171. The first kappa shape index (κ1) is 13.1. The fourth-order valence-corrected chi connectivity index (χ4v) is 2.39. The number of hydrogen-bond donors (Lipinski definition) is 1. The van der Waals surface area contributed by atoms with Crippen LogP contribution in [0.5, 0.6) is 0 Å². The van der Waals surface area contributed by atoms with Gasteiger partial charge in [-0.05, 0) is 14.0 Å². The van der Waals surface area contributed by atoms with Gasteiger partial charge in [-0.1, -0.05) is 11.6 Å². The van der Waals surface area contributed by atoms with Crippen LogP contribution in [0.15, 0.2) is 12.5 Å². The molecule has 0 amide bonds. The van der Waals surface area contributed by atoms with E-state index in [4.69, 9.17) is 11.6 Å². The minimum absolute atomic E-state index is 0.171. The number of likely N-dealkylation sites (N-methyl/N-ethyl adjacent to an activating group) is 1. The lowest BCUT2D eigenvalue weighted by molar-refractivity contribution is 0.533. The first-order valence-electron chi connectivity index (χ1n) is 5.86. The van der Waals surface area contributed by atoms with Crippen LogP contribution >= 0.6 is 11.6 Å². The van der Waals surface area contributed by atoms with Gasteiger partial charge in [-0.2, -0.15) is 5.10 Å². The smallest absolute Gasteiger partial charge is 0.0946 e. The molecular weight excluding hydrogens is 250 g/mol. The van der Waals surface area contributed by atoms with Crippen molar-refractivity contribution in [1.82, 2.24) is 24.6 Å². The molecule has 0 aliphatic heterocycles. The largest absolute Gasteiger partial charge is 0.336 e. The number of halogens is 1. The van der Waals surface area contributed by atoms with Crippen LogP contribution in [0.2, 0.25) is 5.02 Å². The van der Waals surface area contributed by atoms with Crippen LogP contribution in [0.1, 0.15) is 23.1 Å². The zero-order valence-electron chi connectivity index (χ0n) is 11.1. The van der Waals surface area contributed by atoms with Gasteiger partial charge in [0.25, 0.3) is 0 Å². The highest BCUT2D eigenvalue weighted by Crippen LogP contribution is 2.25. The molecule has 0 radical (unpaired) electrons. The topological polar surface area (TPSA) is 47.7 Å². The van der Waals surface area contributed by atoms with Gasteiger partial charge in [0.15, 0.2) is 0 Å². The monoisotopic (exact) mass is 267 g/mol. The molecule has 5 nitrogen and oxygen atoms in total. The molecule has 2 aromatic rings. The van der Waals surface area contributed by atoms with Gasteiger partial charge in [0.05, 0.1) is 34.5 Å². The number of aryl methyl sites for hydroxylation is 3. The van der Waals surface area contributed by atoms with Crippen LogP contribution in [-0.2, 0) is 20.5 Å². The second kappa shape index (κ2) is 5.12. The van der Waals surface area contributed by atoms with Crippen molar-refractivity contribution in [3.8, 4) is 0 Å². The highest BCUT2D eigenvalue weighted by atomic mass is 35.5. The summed E-state index contributed by atoms with van der Waals surface area (Å²) in [5, 5.41) is 8.38. The van der Waals surface area contributed by atoms with Crippen molar-refractivity contribution in [3.05, 3.63) is 34.6 Å². The Hall–Kier alpha value is -1.33. The maximum Gasteiger partial charge on any atom is 0.0946 e. The molecule has 2 aromatic heterocycles. The maximum atomic E-state index is 6.28. The van der Waals surface area contributed by atoms with E-state index in [9.17, 15) is 0 Å². The first-order chi connectivity index (χ1) is 8.54. The van der Waals surface area contributed by atoms with Gasteiger partial charge in [-0.15, -0.1) is 0 Å². The summed E-state index contributed by atoms with van der Waals surface area (Å²) in [5.41, 5.74) is 3.04. The molecule has 0 aromatic carbocycles. The second-order valence-electron chi connectivity index (χ2n) is 4.44. The van der Waals surface area contributed by atoms with E-state index < -0.39 is 0 Å². The molecule has 2 heterocycles. The van der Waals surface area contributed by atoms with Crippen molar-refractivity contribution >= 4 is 11.6 Å². The Bertz CT molecular complexity index is 543. The Morgan fingerprint density at radius 2 is 2.17 bits per heavy atom. The van der Waals surface area contributed by atoms with Crippen molar-refractivity contribution < 1.29 is 0 Å². The third-order valence-electron chi connectivity index (χ3n) is 3.22. The number of hydrogen-bond acceptors (Lipinski definition) is 3. The standard InChI is InChI=1S/C12H18ClN5/c1-8-12(13)10(18(4)16-8)5-9(14-2)11-6-15-7-17(11)3/h6-7,9,14H,5H2,1-4H3. The summed E-state index contributed by atoms with van der Waals surface area (Å²) < 4.78 is 3.86. The van der Waals surface area contributed by atoms with E-state index in [1.54, 1.807) is 6.33 Å². The van der Waals surface area contributed by atoms with E-state index in [0.717, 1.165) is 28.5 Å². The fourth-order valence-electron chi connectivity index (χ4n) is 2.15. The lowest BCUT2D eigenvalue weighted by Gasteiger charge is -2.17. The highest BCUT2D eigenvalue weighted by molar-refractivity contribution is 6.31. The molecule has 2 rings (SSSR count). The maximum absolute atomic E-state index is 6.28. The summed E-state index contributed by atoms with van der Waals surface area (Å²) in [6.45, 7) is 1.92. The van der Waals surface area contributed by atoms with Gasteiger partial charge < -0.3 is 9.88 Å². The fraction of sp³-hybridized carbons (Fsp3) is 0.500. The Morgan fingerprint density at radius 3 is 2.61 bits per heavy atom. The predicted molar refractivity (Wildman–Crippen MR) is 71.7 cm³/mol. The van der Waals surface area contributed by atoms with Gasteiger partial charge in [0, 0.05) is 26.7 Å². The Labute approximate surface area is 112 Å². The summed E-state index contributed by atoms with van der Waals surface area (Å²) >= 11 is 6.28. The Morgan fingerprint density at radius 1 is 1.44 bits per heavy atom. The van der Waals surface area contributed by atoms with E-state index >= 15 is 0 Å². The van der Waals surface area contributed by atoms with Crippen molar-refractivity contribution in [2.24, 2.45) is 14.1 Å². The number of nitrogens with one attached hydrogen (secondary N) is 1. The SMILES string of the molecule is CNC(Cc1c(Cl)c(C)nn1C)c1cncn1C. The first-order valence-corrected chi connectivity index (χ1v) is 6.23. The Kier molecular flexibility index (Phi) is 3.73. The van der Waals surface area contributed by atoms with E-state index in [0.29, 0.717) is 0 Å². The molecular formula is C12H18ClN5. The van der Waals surface area contributed by atoms with E-state index in [2.05, 4.69) is 15.4 Å². The number of imidazole rings is 1. The van der Waals surface area contributed by atoms with Gasteiger partial charge in [0.2, 0.25) is 0 Å². The molecule has 0 bridgehead atoms. The number of nitrogens with zero attached hydrogens (tertiary/aromatic N) is 4. The van der Waals surface area contributed by atoms with Crippen molar-refractivity contribution in [1.29, 1.82) is 0 Å². The quantitative estimate of drug-likeness (QED) is 0.916. The van der Waals surface area contributed by atoms with Crippen LogP contribution in [0.3, 0.4) is 0 Å². The normalized spacial score (nSPS) is 12.9. The zero-order chi connectivity index (χ0) is 13.3. The zero-order valence-corrected chi connectivity index (χ0v) is 11.9. The third-order valence-corrected chi connectivity index (χ3v) is 3.71. The van der Waals surface area contributed by atoms with Crippen LogP contribution in [0, 0.1) is 6.92 Å². The molecule has 0 aliphatic carbocycles. The van der Waals surface area contributed by atoms with Crippen molar-refractivity contribution in [3.63, 3.8) is 0 Å². The van der Waals surface area contributed by atoms with E-state index in [1.807, 2.05) is 43.5 Å². The predicted octanol–water partition coefficient (Wildman–Crippen LogP) is 1.62. The molecule has 0 fully saturated rings. The summed E-state index contributed by atoms with van der Waals surface area (Å²) in [4.78, 5) is 4.15. The Balaban J connectivity index is 2.29. The molecule has 18 heavy (non-hydrogen) atoms. The lowest BCUT2D eigenvalue weighted by Crippen LogP contribution is -2.22. The number of rotatable bonds is 4. The summed E-state index contributed by atoms with van der Waals surface area (Å²) in [7, 11) is 5.85. The average molecular weight is 268 g/mol. The minimum Gasteiger partial charge on any atom is -0.336 e. The van der Waals surface area contributed by atoms with Crippen LogP contribution in [0.25, 0.3) is 0 Å². The second-order valence-corrected chi connectivity index (χ2v) is 4.82. The number of aromatic nitrogens is 4. The molecule has 6 heteroatoms. The molecule has 0 saturated carbocycles. The summed E-state index contributed by atoms with van der Waals surface area (Å²) in [6.07, 6.45) is 4.46. The summed E-state index contributed by atoms with van der Waals surface area (Å²) in [5.74, 6) is 0. The molecule has 1 atom stereocenters. The highest BCUT2D eigenvalue weighted by Gasteiger charge is 2.19. The van der Waals surface area contributed by atoms with Gasteiger partial charge in [0.1, 0.15) is 0 Å².